The second kappa shape index (κ2) is 28.3. The molecule has 0 saturated carbocycles. The minimum absolute atomic E-state index is 1.16. The summed E-state index contributed by atoms with van der Waals surface area (Å²) in [4.78, 5) is 0. The quantitative estimate of drug-likeness (QED) is 0.123. The van der Waals surface area contributed by atoms with E-state index >= 15 is 0 Å². The molecule has 0 aliphatic carbocycles. The molecule has 120 heavy (non-hydrogen) atoms. The van der Waals surface area contributed by atoms with Crippen molar-refractivity contribution in [3.63, 3.8) is 0 Å². The van der Waals surface area contributed by atoms with Crippen LogP contribution in [0.5, 0.6) is 0 Å². The molecule has 0 fully saturated rings. The summed E-state index contributed by atoms with van der Waals surface area (Å²) < 4.78 is 15.0. The van der Waals surface area contributed by atoms with Gasteiger partial charge in [0, 0.05) is 85.4 Å². The Kier molecular flexibility index (Phi) is 16.3. The average molecular weight is 1560 g/mol. The SMILES string of the molecule is c1ccc(-c2ccc(-c3ccc(-n4c5ccccc5c5cc(-c6ccc7c(c6)c6ccccc6n7-c6ccccc6)ccc54)c4sc5ccccc5c34)cc2)cc1.c1ccc(-c2cccc(-c3ccc(-n4c5ccccc5c5cc(-c6ccc7c(c6)c6ccccc6n7-c6cccc(-c7ccccc7)c6)ccc54)c4sc5ccccc5c34)c2)cc1. The molecule has 6 heterocycles. The number of para-hydroxylation sites is 5. The van der Waals surface area contributed by atoms with Crippen molar-refractivity contribution in [2.75, 3.05) is 0 Å². The lowest BCUT2D eigenvalue weighted by molar-refractivity contribution is 1.18. The van der Waals surface area contributed by atoms with Gasteiger partial charge < -0.3 is 18.3 Å². The molecule has 0 aliphatic heterocycles. The van der Waals surface area contributed by atoms with Gasteiger partial charge in [-0.3, -0.25) is 0 Å². The Balaban J connectivity index is 0.000000137. The van der Waals surface area contributed by atoms with Crippen LogP contribution in [0.2, 0.25) is 0 Å². The fourth-order valence-electron chi connectivity index (χ4n) is 19.1. The van der Waals surface area contributed by atoms with Crippen LogP contribution >= 0.6 is 22.7 Å². The first-order valence-corrected chi connectivity index (χ1v) is 42.7. The first kappa shape index (κ1) is 69.2. The number of thiophene rings is 2. The largest absolute Gasteiger partial charge is 0.309 e. The normalized spacial score (nSPS) is 11.8. The van der Waals surface area contributed by atoms with E-state index in [1.54, 1.807) is 0 Å². The van der Waals surface area contributed by atoms with Gasteiger partial charge in [-0.05, 0) is 205 Å². The third-order valence-electron chi connectivity index (χ3n) is 24.7. The number of benzene rings is 19. The zero-order chi connectivity index (χ0) is 78.9. The van der Waals surface area contributed by atoms with Gasteiger partial charge in [-0.2, -0.15) is 0 Å². The molecule has 6 heteroatoms. The van der Waals surface area contributed by atoms with Crippen molar-refractivity contribution in [1.82, 2.24) is 18.3 Å². The van der Waals surface area contributed by atoms with Gasteiger partial charge in [-0.1, -0.05) is 309 Å². The highest BCUT2D eigenvalue weighted by atomic mass is 32.1. The number of aromatic nitrogens is 4. The van der Waals surface area contributed by atoms with Crippen molar-refractivity contribution in [2.45, 2.75) is 0 Å². The van der Waals surface area contributed by atoms with Crippen LogP contribution in [0.3, 0.4) is 0 Å². The van der Waals surface area contributed by atoms with Gasteiger partial charge in [0.05, 0.1) is 64.9 Å². The Morgan fingerprint density at radius 3 is 0.867 bits per heavy atom. The molecule has 25 rings (SSSR count). The molecule has 0 saturated heterocycles. The van der Waals surface area contributed by atoms with Gasteiger partial charge in [0.15, 0.2) is 0 Å². The fourth-order valence-corrected chi connectivity index (χ4v) is 21.6. The molecular formula is C114H72N4S2. The van der Waals surface area contributed by atoms with E-state index in [1.165, 1.54) is 223 Å². The van der Waals surface area contributed by atoms with Crippen LogP contribution in [-0.4, -0.2) is 18.3 Å². The van der Waals surface area contributed by atoms with E-state index in [0.717, 1.165) is 5.69 Å². The second-order valence-corrected chi connectivity index (χ2v) is 33.5. The van der Waals surface area contributed by atoms with E-state index in [4.69, 9.17) is 0 Å². The molecule has 0 radical (unpaired) electrons. The number of fused-ring (bicyclic) bond motifs is 18. The van der Waals surface area contributed by atoms with Crippen LogP contribution in [0.1, 0.15) is 0 Å². The van der Waals surface area contributed by atoms with Gasteiger partial charge in [0.2, 0.25) is 0 Å². The Labute approximate surface area is 700 Å². The molecular weight excluding hydrogens is 1490 g/mol. The second-order valence-electron chi connectivity index (χ2n) is 31.3. The summed E-state index contributed by atoms with van der Waals surface area (Å²) in [5, 5.41) is 15.2. The number of nitrogens with zero attached hydrogens (tertiary/aromatic N) is 4. The monoisotopic (exact) mass is 1560 g/mol. The van der Waals surface area contributed by atoms with Gasteiger partial charge in [-0.25, -0.2) is 0 Å². The van der Waals surface area contributed by atoms with Crippen molar-refractivity contribution >= 4 is 150 Å². The summed E-state index contributed by atoms with van der Waals surface area (Å²) in [6, 6.07) is 160. The third kappa shape index (κ3) is 11.3. The van der Waals surface area contributed by atoms with Crippen molar-refractivity contribution < 1.29 is 0 Å². The van der Waals surface area contributed by atoms with Crippen LogP contribution in [0.25, 0.3) is 228 Å². The summed E-state index contributed by atoms with van der Waals surface area (Å²) >= 11 is 3.78. The van der Waals surface area contributed by atoms with Crippen LogP contribution in [-0.2, 0) is 0 Å². The molecule has 0 unspecified atom stereocenters. The first-order valence-electron chi connectivity index (χ1n) is 41.1. The number of rotatable bonds is 11. The highest BCUT2D eigenvalue weighted by Gasteiger charge is 2.25. The molecule has 25 aromatic rings. The molecule has 0 spiro atoms. The Morgan fingerprint density at radius 1 is 0.150 bits per heavy atom. The molecule has 4 nitrogen and oxygen atoms in total. The molecule has 0 N–H and O–H groups in total. The zero-order valence-electron chi connectivity index (χ0n) is 65.2. The Morgan fingerprint density at radius 2 is 0.425 bits per heavy atom. The summed E-state index contributed by atoms with van der Waals surface area (Å²) in [6.45, 7) is 0. The zero-order valence-corrected chi connectivity index (χ0v) is 66.8. The van der Waals surface area contributed by atoms with Gasteiger partial charge in [-0.15, -0.1) is 22.7 Å². The van der Waals surface area contributed by atoms with E-state index < -0.39 is 0 Å². The topological polar surface area (TPSA) is 19.7 Å². The predicted molar refractivity (Wildman–Crippen MR) is 514 cm³/mol. The van der Waals surface area contributed by atoms with Gasteiger partial charge in [0.25, 0.3) is 0 Å². The van der Waals surface area contributed by atoms with E-state index in [2.05, 4.69) is 455 Å². The van der Waals surface area contributed by atoms with Crippen LogP contribution in [0, 0.1) is 0 Å². The summed E-state index contributed by atoms with van der Waals surface area (Å²) in [5.41, 5.74) is 31.6. The highest BCUT2D eigenvalue weighted by molar-refractivity contribution is 7.26. The predicted octanol–water partition coefficient (Wildman–Crippen LogP) is 32.2. The third-order valence-corrected chi connectivity index (χ3v) is 27.0. The van der Waals surface area contributed by atoms with Crippen molar-refractivity contribution in [3.8, 4) is 101 Å². The van der Waals surface area contributed by atoms with Crippen LogP contribution < -0.4 is 0 Å². The lowest BCUT2D eigenvalue weighted by Gasteiger charge is -2.14. The highest BCUT2D eigenvalue weighted by Crippen LogP contribution is 2.50. The molecule has 0 bridgehead atoms. The maximum atomic E-state index is 2.50. The molecule has 0 aliphatic rings. The number of hydrogen-bond acceptors (Lipinski definition) is 2. The minimum atomic E-state index is 1.16. The van der Waals surface area contributed by atoms with Gasteiger partial charge in [0.1, 0.15) is 0 Å². The molecule has 6 aromatic heterocycles. The minimum Gasteiger partial charge on any atom is -0.309 e. The maximum absolute atomic E-state index is 2.50. The smallest absolute Gasteiger partial charge is 0.0641 e. The summed E-state index contributed by atoms with van der Waals surface area (Å²) in [7, 11) is 0. The molecule has 560 valence electrons. The molecule has 0 atom stereocenters. The molecule has 0 amide bonds. The molecule has 19 aromatic carbocycles. The fraction of sp³-hybridized carbons (Fsp3) is 0. The lowest BCUT2D eigenvalue weighted by atomic mass is 9.95. The standard InChI is InChI=1S/C60H38N2S.C54H34N2S/c1-3-15-39(16-4-1)41-19-13-21-45(35-41)47-31-34-57(60-59(47)50-25-9-12-28-58(50)63-60)62-54-27-11-8-24-49(54)52-38-44(30-33-56(52)62)43-29-32-55-51(37-43)48-23-7-10-26-53(48)61(55)46-22-14-20-42(36-46)40-17-5-2-6-18-40;1-3-13-35(14-4-1)36-23-25-37(26-24-36)41-29-32-51(54-53(41)44-19-9-12-22-52(44)57-54)56-48-21-11-8-18-43(48)46-34-39(28-31-50(46)56)38-27-30-49-45(33-38)42-17-7-10-20-47(42)55(49)40-15-5-2-6-16-40/h1-38H;1-34H. The van der Waals surface area contributed by atoms with E-state index in [-0.39, 0.29) is 0 Å². The summed E-state index contributed by atoms with van der Waals surface area (Å²) in [6.07, 6.45) is 0. The average Bonchev–Trinajstić information content (AvgIpc) is 1.57. The first-order chi connectivity index (χ1) is 59.5. The van der Waals surface area contributed by atoms with Crippen molar-refractivity contribution in [1.29, 1.82) is 0 Å². The summed E-state index contributed by atoms with van der Waals surface area (Å²) in [5.74, 6) is 0. The Bertz CT molecular complexity index is 8390. The van der Waals surface area contributed by atoms with E-state index in [0.29, 0.717) is 0 Å². The van der Waals surface area contributed by atoms with Gasteiger partial charge >= 0.3 is 0 Å². The van der Waals surface area contributed by atoms with Crippen LogP contribution in [0.4, 0.5) is 0 Å². The van der Waals surface area contributed by atoms with Crippen LogP contribution in [0.15, 0.2) is 437 Å². The van der Waals surface area contributed by atoms with E-state index in [9.17, 15) is 0 Å². The lowest BCUT2D eigenvalue weighted by Crippen LogP contribution is -1.95. The Hall–Kier alpha value is -15.2. The number of hydrogen-bond donors (Lipinski definition) is 0. The van der Waals surface area contributed by atoms with Crippen molar-refractivity contribution in [2.24, 2.45) is 0 Å². The van der Waals surface area contributed by atoms with E-state index in [1.807, 2.05) is 22.7 Å². The maximum Gasteiger partial charge on any atom is 0.0641 e. The van der Waals surface area contributed by atoms with Crippen molar-refractivity contribution in [3.05, 3.63) is 437 Å².